The van der Waals surface area contributed by atoms with Crippen molar-refractivity contribution >= 4 is 27.1 Å². The van der Waals surface area contributed by atoms with Crippen molar-refractivity contribution in [2.45, 2.75) is 145 Å². The van der Waals surface area contributed by atoms with Crippen molar-refractivity contribution in [3.8, 4) is 0 Å². The number of unbranched alkanes of at least 4 members (excludes halogenated alkanes) is 14. The Hall–Kier alpha value is 0.269. The van der Waals surface area contributed by atoms with Crippen molar-refractivity contribution in [1.82, 2.24) is 0 Å². The number of hydrogen-bond acceptors (Lipinski definition) is 1. The maximum atomic E-state index is 10.0. The van der Waals surface area contributed by atoms with E-state index in [0.29, 0.717) is 6.42 Å². The van der Waals surface area contributed by atoms with Crippen LogP contribution < -0.4 is 0 Å². The molecule has 0 aliphatic heterocycles. The van der Waals surface area contributed by atoms with Crippen molar-refractivity contribution in [3.63, 3.8) is 0 Å². The molecule has 0 unspecified atom stereocenters. The fraction of sp³-hybridized carbons (Fsp3) is 0.958. The van der Waals surface area contributed by atoms with Crippen molar-refractivity contribution < 1.29 is 9.90 Å². The molecule has 0 spiro atoms. The van der Waals surface area contributed by atoms with Crippen LogP contribution in [0.4, 0.5) is 0 Å². The van der Waals surface area contributed by atoms with Crippen LogP contribution in [-0.4, -0.2) is 32.2 Å². The summed E-state index contributed by atoms with van der Waals surface area (Å²) in [5.41, 5.74) is 0. The molecule has 0 amide bonds. The Morgan fingerprint density at radius 3 is 1.26 bits per heavy atom. The predicted octanol–water partition coefficient (Wildman–Crippen LogP) is 8.68. The summed E-state index contributed by atoms with van der Waals surface area (Å²) in [7, 11) is 0. The van der Waals surface area contributed by atoms with Gasteiger partial charge in [-0.05, 0) is 6.42 Å². The second-order valence-corrected chi connectivity index (χ2v) is 12.1. The third-order valence-electron chi connectivity index (χ3n) is 4.91. The van der Waals surface area contributed by atoms with E-state index in [9.17, 15) is 4.79 Å². The number of carboxylic acids is 1. The molecule has 0 saturated heterocycles. The third kappa shape index (κ3) is 34.2. The predicted molar refractivity (Wildman–Crippen MR) is 123 cm³/mol. The number of aliphatic carboxylic acids is 1. The van der Waals surface area contributed by atoms with Gasteiger partial charge in [0.1, 0.15) is 0 Å². The van der Waals surface area contributed by atoms with Crippen LogP contribution in [0.2, 0.25) is 8.87 Å². The first-order valence-corrected chi connectivity index (χ1v) is 16.1. The molecule has 0 aliphatic rings. The van der Waals surface area contributed by atoms with E-state index in [1.165, 1.54) is 83.5 Å². The van der Waals surface area contributed by atoms with Crippen molar-refractivity contribution in [1.29, 1.82) is 0 Å². The fourth-order valence-electron chi connectivity index (χ4n) is 3.07. The molecular weight excluding hydrogens is 439 g/mol. The van der Waals surface area contributed by atoms with Crippen LogP contribution in [0.15, 0.2) is 0 Å². The van der Waals surface area contributed by atoms with E-state index in [2.05, 4.69) is 20.8 Å². The van der Waals surface area contributed by atoms with Crippen molar-refractivity contribution in [2.24, 2.45) is 0 Å². The SMILES string of the molecule is CCCCCCCC(=O)O.CCCCCCC[CH2][Sn][CH2]CCCCCCC. The zero-order valence-electron chi connectivity index (χ0n) is 19.0. The molecule has 27 heavy (non-hydrogen) atoms. The first-order valence-electron chi connectivity index (χ1n) is 12.1. The zero-order valence-corrected chi connectivity index (χ0v) is 21.9. The number of carbonyl (C=O) groups is 1. The Balaban J connectivity index is 0. The fourth-order valence-corrected chi connectivity index (χ4v) is 6.63. The van der Waals surface area contributed by atoms with Gasteiger partial charge in [-0.15, -0.1) is 0 Å². The average Bonchev–Trinajstić information content (AvgIpc) is 2.66. The number of hydrogen-bond donors (Lipinski definition) is 1. The van der Waals surface area contributed by atoms with Crippen molar-refractivity contribution in [3.05, 3.63) is 0 Å². The third-order valence-corrected chi connectivity index (χ3v) is 8.94. The van der Waals surface area contributed by atoms with Gasteiger partial charge in [-0.3, -0.25) is 4.79 Å². The van der Waals surface area contributed by atoms with Gasteiger partial charge in [0.15, 0.2) is 0 Å². The summed E-state index contributed by atoms with van der Waals surface area (Å²) in [4.78, 5) is 10.0. The van der Waals surface area contributed by atoms with Gasteiger partial charge >= 0.3 is 127 Å². The van der Waals surface area contributed by atoms with Crippen LogP contribution in [0.5, 0.6) is 0 Å². The van der Waals surface area contributed by atoms with E-state index in [4.69, 9.17) is 5.11 Å². The second-order valence-electron chi connectivity index (χ2n) is 7.84. The van der Waals surface area contributed by atoms with Gasteiger partial charge in [0.25, 0.3) is 0 Å². The van der Waals surface area contributed by atoms with E-state index in [0.717, 1.165) is 12.8 Å². The molecule has 0 bridgehead atoms. The Kier molecular flexibility index (Phi) is 31.1. The van der Waals surface area contributed by atoms with Crippen LogP contribution in [0.3, 0.4) is 0 Å². The molecule has 2 nitrogen and oxygen atoms in total. The summed E-state index contributed by atoms with van der Waals surface area (Å²) in [6.45, 7) is 6.75. The van der Waals surface area contributed by atoms with E-state index in [1.807, 2.05) is 0 Å². The van der Waals surface area contributed by atoms with E-state index in [1.54, 1.807) is 21.7 Å². The number of carboxylic acid groups (broad SMARTS) is 1. The molecule has 3 heteroatoms. The molecule has 1 N–H and O–H groups in total. The Morgan fingerprint density at radius 1 is 0.556 bits per heavy atom. The molecule has 162 valence electrons. The van der Waals surface area contributed by atoms with Crippen LogP contribution in [0.25, 0.3) is 0 Å². The van der Waals surface area contributed by atoms with Crippen molar-refractivity contribution in [2.75, 3.05) is 0 Å². The summed E-state index contributed by atoms with van der Waals surface area (Å²) in [5, 5.41) is 8.27. The molecule has 0 heterocycles. The Morgan fingerprint density at radius 2 is 0.889 bits per heavy atom. The summed E-state index contributed by atoms with van der Waals surface area (Å²) in [5.74, 6) is -0.670. The van der Waals surface area contributed by atoms with E-state index >= 15 is 0 Å². The van der Waals surface area contributed by atoms with Crippen LogP contribution in [-0.2, 0) is 4.79 Å². The van der Waals surface area contributed by atoms with Crippen LogP contribution in [0, 0.1) is 0 Å². The maximum absolute atomic E-state index is 10.0. The minimum atomic E-state index is -0.670. The van der Waals surface area contributed by atoms with Crippen LogP contribution in [0.1, 0.15) is 136 Å². The van der Waals surface area contributed by atoms with Gasteiger partial charge < -0.3 is 5.11 Å². The quantitative estimate of drug-likeness (QED) is 0.137. The van der Waals surface area contributed by atoms with E-state index < -0.39 is 5.97 Å². The normalized spacial score (nSPS) is 10.5. The summed E-state index contributed by atoms with van der Waals surface area (Å²) in [6.07, 6.45) is 23.7. The van der Waals surface area contributed by atoms with Crippen LogP contribution >= 0.6 is 0 Å². The molecule has 2 radical (unpaired) electrons. The van der Waals surface area contributed by atoms with Gasteiger partial charge in [-0.2, -0.15) is 0 Å². The standard InChI is InChI=1S/C8H16O2.2C8H17.Sn/c1-2-3-4-5-6-7-8(9)10;2*1-3-5-7-8-6-4-2;/h2-7H2,1H3,(H,9,10);2*1,3-8H2,2H3;. The van der Waals surface area contributed by atoms with Gasteiger partial charge in [0.2, 0.25) is 0 Å². The van der Waals surface area contributed by atoms with E-state index in [-0.39, 0.29) is 21.1 Å². The molecule has 0 fully saturated rings. The average molecular weight is 489 g/mol. The topological polar surface area (TPSA) is 37.3 Å². The summed E-state index contributed by atoms with van der Waals surface area (Å²) in [6, 6.07) is 0. The molecule has 0 atom stereocenters. The first kappa shape index (κ1) is 29.5. The second kappa shape index (κ2) is 28.5. The van der Waals surface area contributed by atoms with Gasteiger partial charge in [0.05, 0.1) is 0 Å². The molecule has 0 aromatic carbocycles. The molecule has 0 aromatic heterocycles. The Labute approximate surface area is 181 Å². The minimum absolute atomic E-state index is 0.0736. The van der Waals surface area contributed by atoms with Gasteiger partial charge in [-0.1, -0.05) is 32.6 Å². The molecular formula is C24H50O2Sn. The summed E-state index contributed by atoms with van der Waals surface area (Å²) < 4.78 is 3.31. The summed E-state index contributed by atoms with van der Waals surface area (Å²) >= 11 is 0.0736. The molecule has 0 rings (SSSR count). The molecule has 0 saturated carbocycles. The number of rotatable bonds is 20. The zero-order chi connectivity index (χ0) is 20.4. The monoisotopic (exact) mass is 490 g/mol. The molecule has 0 aliphatic carbocycles. The molecule has 0 aromatic rings. The first-order chi connectivity index (χ1) is 13.2. The van der Waals surface area contributed by atoms with Gasteiger partial charge in [0, 0.05) is 6.42 Å². The van der Waals surface area contributed by atoms with Gasteiger partial charge in [-0.25, -0.2) is 0 Å². The Bertz CT molecular complexity index is 255.